The number of ketones is 1. The fourth-order valence-electron chi connectivity index (χ4n) is 4.76. The van der Waals surface area contributed by atoms with Crippen LogP contribution in [0.3, 0.4) is 0 Å². The van der Waals surface area contributed by atoms with E-state index in [2.05, 4.69) is 4.90 Å². The third kappa shape index (κ3) is 4.59. The van der Waals surface area contributed by atoms with E-state index in [1.165, 1.54) is 0 Å². The largest absolute Gasteiger partial charge is 0.464 e. The van der Waals surface area contributed by atoms with Crippen LogP contribution in [-0.4, -0.2) is 80.3 Å². The average molecular weight is 453 g/mol. The average Bonchev–Trinajstić information content (AvgIpc) is 3.77. The van der Waals surface area contributed by atoms with Crippen molar-refractivity contribution in [3.05, 3.63) is 71.8 Å². The van der Waals surface area contributed by atoms with Gasteiger partial charge in [-0.25, -0.2) is 4.79 Å². The topological polar surface area (TPSA) is 67.8 Å². The molecule has 0 saturated carbocycles. The van der Waals surface area contributed by atoms with E-state index in [4.69, 9.17) is 14.2 Å². The number of rotatable bonds is 12. The van der Waals surface area contributed by atoms with Crippen molar-refractivity contribution >= 4 is 11.8 Å². The summed E-state index contributed by atoms with van der Waals surface area (Å²) in [5, 5.41) is 0. The second kappa shape index (κ2) is 10.1. The van der Waals surface area contributed by atoms with E-state index in [0.717, 1.165) is 11.1 Å². The molecular weight excluding hydrogens is 420 g/mol. The molecule has 0 aromatic heterocycles. The van der Waals surface area contributed by atoms with Crippen molar-refractivity contribution in [3.8, 4) is 0 Å². The van der Waals surface area contributed by atoms with Gasteiger partial charge in [0, 0.05) is 27.3 Å². The molecular formula is C26H32N2O5. The normalized spacial score (nSPS) is 27.4. The quantitative estimate of drug-likeness (QED) is 0.279. The number of esters is 1. The Morgan fingerprint density at radius 1 is 0.939 bits per heavy atom. The Morgan fingerprint density at radius 2 is 1.48 bits per heavy atom. The molecule has 4 rings (SSSR count). The van der Waals surface area contributed by atoms with Crippen LogP contribution in [0.25, 0.3) is 0 Å². The summed E-state index contributed by atoms with van der Waals surface area (Å²) in [6.07, 6.45) is 0. The zero-order valence-corrected chi connectivity index (χ0v) is 19.5. The number of benzene rings is 2. The van der Waals surface area contributed by atoms with Crippen molar-refractivity contribution in [2.75, 3.05) is 47.1 Å². The van der Waals surface area contributed by atoms with E-state index in [-0.39, 0.29) is 30.5 Å². The number of methoxy groups -OCH3 is 2. The van der Waals surface area contributed by atoms with E-state index in [9.17, 15) is 9.59 Å². The summed E-state index contributed by atoms with van der Waals surface area (Å²) in [4.78, 5) is 31.0. The minimum absolute atomic E-state index is 0.0412. The van der Waals surface area contributed by atoms with Crippen LogP contribution in [0.5, 0.6) is 0 Å². The first-order chi connectivity index (χ1) is 16.1. The van der Waals surface area contributed by atoms with Crippen LogP contribution in [-0.2, 0) is 23.8 Å². The lowest BCUT2D eigenvalue weighted by molar-refractivity contribution is -0.151. The number of carbonyl (C=O) groups is 2. The van der Waals surface area contributed by atoms with E-state index in [1.54, 1.807) is 21.1 Å². The molecule has 0 spiro atoms. The summed E-state index contributed by atoms with van der Waals surface area (Å²) >= 11 is 0. The van der Waals surface area contributed by atoms with E-state index >= 15 is 0 Å². The Balaban J connectivity index is 1.58. The Kier molecular flexibility index (Phi) is 7.24. The summed E-state index contributed by atoms with van der Waals surface area (Å²) in [6.45, 7) is 3.77. The van der Waals surface area contributed by atoms with Crippen LogP contribution in [0.1, 0.15) is 30.1 Å². The molecule has 0 radical (unpaired) electrons. The predicted molar refractivity (Wildman–Crippen MR) is 124 cm³/mol. The maximum absolute atomic E-state index is 13.8. The highest BCUT2D eigenvalue weighted by atomic mass is 16.5. The first-order valence-electron chi connectivity index (χ1n) is 11.4. The molecule has 2 aromatic rings. The van der Waals surface area contributed by atoms with Gasteiger partial charge in [-0.15, -0.1) is 0 Å². The maximum Gasteiger partial charge on any atom is 0.335 e. The summed E-state index contributed by atoms with van der Waals surface area (Å²) in [5.41, 5.74) is 0.824. The van der Waals surface area contributed by atoms with Crippen molar-refractivity contribution in [3.63, 3.8) is 0 Å². The fourth-order valence-corrected chi connectivity index (χ4v) is 4.76. The highest BCUT2D eigenvalue weighted by Crippen LogP contribution is 2.47. The molecule has 2 aliphatic rings. The van der Waals surface area contributed by atoms with E-state index < -0.39 is 11.5 Å². The number of hydrogen-bond acceptors (Lipinski definition) is 7. The van der Waals surface area contributed by atoms with Crippen LogP contribution in [0, 0.1) is 0 Å². The third-order valence-corrected chi connectivity index (χ3v) is 6.55. The highest BCUT2D eigenvalue weighted by molar-refractivity contribution is 6.15. The summed E-state index contributed by atoms with van der Waals surface area (Å²) in [5.74, 6) is -0.572. The molecule has 2 heterocycles. The van der Waals surface area contributed by atoms with Gasteiger partial charge in [0.1, 0.15) is 0 Å². The van der Waals surface area contributed by atoms with Crippen LogP contribution in [0.15, 0.2) is 60.7 Å². The molecule has 2 unspecified atom stereocenters. The Morgan fingerprint density at radius 3 is 2.03 bits per heavy atom. The van der Waals surface area contributed by atoms with Crippen molar-refractivity contribution in [2.24, 2.45) is 0 Å². The van der Waals surface area contributed by atoms with E-state index in [1.807, 2.05) is 65.6 Å². The molecule has 2 saturated heterocycles. The summed E-state index contributed by atoms with van der Waals surface area (Å²) in [6, 6.07) is 19.3. The maximum atomic E-state index is 13.8. The first-order valence-corrected chi connectivity index (χ1v) is 11.4. The molecule has 7 nitrogen and oxygen atoms in total. The van der Waals surface area contributed by atoms with Gasteiger partial charge in [-0.3, -0.25) is 14.6 Å². The van der Waals surface area contributed by atoms with Gasteiger partial charge in [0.05, 0.1) is 37.9 Å². The lowest BCUT2D eigenvalue weighted by Gasteiger charge is -2.24. The van der Waals surface area contributed by atoms with Gasteiger partial charge in [0.15, 0.2) is 11.3 Å². The van der Waals surface area contributed by atoms with Crippen molar-refractivity contribution in [1.82, 2.24) is 9.80 Å². The Bertz CT molecular complexity index is 954. The lowest BCUT2D eigenvalue weighted by Crippen LogP contribution is -2.45. The van der Waals surface area contributed by atoms with Crippen LogP contribution >= 0.6 is 0 Å². The number of carbonyl (C=O) groups excluding carboxylic acids is 2. The van der Waals surface area contributed by atoms with E-state index in [0.29, 0.717) is 26.3 Å². The van der Waals surface area contributed by atoms with Crippen molar-refractivity contribution < 1.29 is 23.8 Å². The fraction of sp³-hybridized carbons (Fsp3) is 0.462. The third-order valence-electron chi connectivity index (χ3n) is 6.55. The molecule has 0 bridgehead atoms. The number of nitrogens with zero attached hydrogens (tertiary/aromatic N) is 2. The predicted octanol–water partition coefficient (Wildman–Crippen LogP) is 2.63. The van der Waals surface area contributed by atoms with Gasteiger partial charge >= 0.3 is 5.97 Å². The van der Waals surface area contributed by atoms with Crippen LogP contribution in [0.2, 0.25) is 0 Å². The molecule has 0 N–H and O–H groups in total. The molecule has 0 aliphatic carbocycles. The second-order valence-electron chi connectivity index (χ2n) is 8.55. The van der Waals surface area contributed by atoms with Gasteiger partial charge in [0.25, 0.3) is 0 Å². The Hall–Kier alpha value is -2.58. The molecule has 6 atom stereocenters. The first kappa shape index (κ1) is 23.6. The molecule has 7 heteroatoms. The lowest BCUT2D eigenvalue weighted by atomic mass is 9.99. The van der Waals surface area contributed by atoms with Crippen molar-refractivity contribution in [1.29, 1.82) is 0 Å². The summed E-state index contributed by atoms with van der Waals surface area (Å²) in [7, 11) is 3.29. The molecule has 33 heavy (non-hydrogen) atoms. The van der Waals surface area contributed by atoms with Crippen molar-refractivity contribution in [2.45, 2.75) is 30.6 Å². The van der Waals surface area contributed by atoms with Gasteiger partial charge in [-0.2, -0.15) is 0 Å². The number of hydrogen-bond donors (Lipinski definition) is 0. The minimum Gasteiger partial charge on any atom is -0.464 e. The van der Waals surface area contributed by atoms with Crippen LogP contribution < -0.4 is 0 Å². The zero-order valence-electron chi connectivity index (χ0n) is 19.5. The molecule has 176 valence electrons. The van der Waals surface area contributed by atoms with Gasteiger partial charge in [0.2, 0.25) is 0 Å². The molecule has 0 amide bonds. The monoisotopic (exact) mass is 452 g/mol. The van der Waals surface area contributed by atoms with Gasteiger partial charge in [-0.1, -0.05) is 60.7 Å². The standard InChI is InChI=1S/C26H32N2O5/c1-4-33-25(30)26(18-28(26)23(17-32-3)20-13-9-6-10-14-20)24(29)21-15-27(21)22(16-31-2)19-11-7-5-8-12-19/h5-14,21-23H,4,15-18H2,1-3H3/t21-,22-,23-,26+,27?,28?/m0/s1. The molecule has 2 aromatic carbocycles. The summed E-state index contributed by atoms with van der Waals surface area (Å²) < 4.78 is 16.3. The molecule has 2 aliphatic heterocycles. The van der Waals surface area contributed by atoms with Crippen LogP contribution in [0.4, 0.5) is 0 Å². The molecule has 2 fully saturated rings. The highest BCUT2D eigenvalue weighted by Gasteiger charge is 2.71. The number of Topliss-reactive ketones (excluding diaryl/α,β-unsaturated/α-hetero) is 1. The SMILES string of the molecule is CCOC(=O)[C@]1(C(=O)[C@@H]2CN2[C@@H](COC)c2ccccc2)CN1[C@@H](COC)c1ccccc1. The van der Waals surface area contributed by atoms with Gasteiger partial charge in [-0.05, 0) is 18.1 Å². The zero-order chi connectivity index (χ0) is 23.4. The number of ether oxygens (including phenoxy) is 3. The Labute approximate surface area is 195 Å². The van der Waals surface area contributed by atoms with Gasteiger partial charge < -0.3 is 14.2 Å². The second-order valence-corrected chi connectivity index (χ2v) is 8.55. The smallest absolute Gasteiger partial charge is 0.335 e. The minimum atomic E-state index is -1.28.